The summed E-state index contributed by atoms with van der Waals surface area (Å²) in [7, 11) is 0. The third-order valence-electron chi connectivity index (χ3n) is 1.93. The maximum Gasteiger partial charge on any atom is 0.176 e. The van der Waals surface area contributed by atoms with Gasteiger partial charge in [-0.3, -0.25) is 0 Å². The zero-order valence-electron chi connectivity index (χ0n) is 9.10. The molecule has 0 fully saturated rings. The van der Waals surface area contributed by atoms with E-state index in [-0.39, 0.29) is 0 Å². The molecule has 16 heavy (non-hydrogen) atoms. The van der Waals surface area contributed by atoms with Crippen LogP contribution in [0.1, 0.15) is 17.1 Å². The fourth-order valence-electron chi connectivity index (χ4n) is 1.29. The van der Waals surface area contributed by atoms with Gasteiger partial charge in [0.05, 0.1) is 0 Å². The second-order valence-electron chi connectivity index (χ2n) is 3.37. The molecule has 84 valence electrons. The molecule has 2 aromatic rings. The van der Waals surface area contributed by atoms with Crippen LogP contribution in [0.15, 0.2) is 21.5 Å². The van der Waals surface area contributed by atoms with Gasteiger partial charge < -0.3 is 5.73 Å². The van der Waals surface area contributed by atoms with E-state index in [4.69, 9.17) is 5.73 Å². The van der Waals surface area contributed by atoms with Crippen LogP contribution < -0.4 is 5.73 Å². The quantitative estimate of drug-likeness (QED) is 0.907. The Hall–Kier alpha value is -0.980. The fraction of sp³-hybridized carbons (Fsp3) is 0.300. The lowest BCUT2D eigenvalue weighted by Gasteiger charge is -2.02. The largest absolute Gasteiger partial charge is 0.326 e. The van der Waals surface area contributed by atoms with Gasteiger partial charge in [-0.2, -0.15) is 4.37 Å². The van der Waals surface area contributed by atoms with Gasteiger partial charge in [-0.1, -0.05) is 0 Å². The highest BCUT2D eigenvalue weighted by Gasteiger charge is 2.05. The number of hydrogen-bond acceptors (Lipinski definition) is 6. The van der Waals surface area contributed by atoms with Crippen molar-refractivity contribution in [1.82, 2.24) is 14.3 Å². The second-order valence-corrected chi connectivity index (χ2v) is 5.39. The van der Waals surface area contributed by atoms with Gasteiger partial charge in [-0.25, -0.2) is 9.97 Å². The molecule has 4 nitrogen and oxygen atoms in total. The Morgan fingerprint density at radius 2 is 2.12 bits per heavy atom. The van der Waals surface area contributed by atoms with Gasteiger partial charge in [0.15, 0.2) is 4.34 Å². The van der Waals surface area contributed by atoms with Gasteiger partial charge in [0, 0.05) is 12.2 Å². The van der Waals surface area contributed by atoms with E-state index in [1.54, 1.807) is 0 Å². The van der Waals surface area contributed by atoms with Crippen molar-refractivity contribution in [3.8, 4) is 0 Å². The van der Waals surface area contributed by atoms with E-state index >= 15 is 0 Å². The van der Waals surface area contributed by atoms with Crippen LogP contribution in [0, 0.1) is 13.8 Å². The van der Waals surface area contributed by atoms with E-state index in [1.165, 1.54) is 23.3 Å². The van der Waals surface area contributed by atoms with Crippen molar-refractivity contribution < 1.29 is 0 Å². The summed E-state index contributed by atoms with van der Waals surface area (Å²) in [5.74, 6) is 0.805. The predicted octanol–water partition coefficient (Wildman–Crippen LogP) is 2.16. The first kappa shape index (κ1) is 11.5. The van der Waals surface area contributed by atoms with Gasteiger partial charge in [0.1, 0.15) is 10.9 Å². The molecule has 2 N–H and O–H groups in total. The van der Waals surface area contributed by atoms with E-state index in [1.807, 2.05) is 26.0 Å². The molecule has 0 aromatic carbocycles. The molecule has 2 heterocycles. The molecule has 2 rings (SSSR count). The molecule has 0 aliphatic rings. The average Bonchev–Trinajstić information content (AvgIpc) is 2.63. The molecule has 0 spiro atoms. The first-order valence-corrected chi connectivity index (χ1v) is 6.42. The Balaban J connectivity index is 2.24. The zero-order valence-corrected chi connectivity index (χ0v) is 10.7. The Bertz CT molecular complexity index is 495. The molecule has 0 unspecified atom stereocenters. The van der Waals surface area contributed by atoms with Gasteiger partial charge in [0.2, 0.25) is 0 Å². The van der Waals surface area contributed by atoms with Crippen molar-refractivity contribution in [3.05, 3.63) is 29.2 Å². The normalized spacial score (nSPS) is 10.7. The highest BCUT2D eigenvalue weighted by Crippen LogP contribution is 2.28. The summed E-state index contributed by atoms with van der Waals surface area (Å²) in [6, 6.07) is 3.99. The van der Waals surface area contributed by atoms with Gasteiger partial charge >= 0.3 is 0 Å². The third-order valence-corrected chi connectivity index (χ3v) is 3.69. The summed E-state index contributed by atoms with van der Waals surface area (Å²) >= 11 is 2.92. The highest BCUT2D eigenvalue weighted by atomic mass is 32.2. The van der Waals surface area contributed by atoms with E-state index in [0.717, 1.165) is 26.4 Å². The summed E-state index contributed by atoms with van der Waals surface area (Å²) in [5.41, 5.74) is 7.69. The Kier molecular flexibility index (Phi) is 3.52. The number of hydrogen-bond donors (Lipinski definition) is 1. The van der Waals surface area contributed by atoms with Crippen LogP contribution in [0.5, 0.6) is 0 Å². The number of pyridine rings is 1. The third kappa shape index (κ3) is 2.78. The lowest BCUT2D eigenvalue weighted by Crippen LogP contribution is -1.98. The first-order chi connectivity index (χ1) is 7.67. The summed E-state index contributed by atoms with van der Waals surface area (Å²) < 4.78 is 5.05. The van der Waals surface area contributed by atoms with E-state index < -0.39 is 0 Å². The van der Waals surface area contributed by atoms with Crippen molar-refractivity contribution in [2.75, 3.05) is 0 Å². The van der Waals surface area contributed by atoms with E-state index in [0.29, 0.717) is 6.54 Å². The van der Waals surface area contributed by atoms with E-state index in [9.17, 15) is 0 Å². The zero-order chi connectivity index (χ0) is 11.5. The minimum Gasteiger partial charge on any atom is -0.326 e. The molecule has 0 bridgehead atoms. The van der Waals surface area contributed by atoms with Crippen molar-refractivity contribution in [3.63, 3.8) is 0 Å². The van der Waals surface area contributed by atoms with Crippen molar-refractivity contribution in [2.45, 2.75) is 29.8 Å². The molecule has 0 atom stereocenters. The van der Waals surface area contributed by atoms with Crippen LogP contribution >= 0.6 is 23.3 Å². The predicted molar refractivity (Wildman–Crippen MR) is 65.6 cm³/mol. The van der Waals surface area contributed by atoms with Crippen molar-refractivity contribution in [2.24, 2.45) is 5.73 Å². The lowest BCUT2D eigenvalue weighted by atomic mass is 10.2. The monoisotopic (exact) mass is 252 g/mol. The Labute approximate surface area is 102 Å². The number of aryl methyl sites for hydroxylation is 2. The highest BCUT2D eigenvalue weighted by molar-refractivity contribution is 8.00. The first-order valence-electron chi connectivity index (χ1n) is 4.83. The smallest absolute Gasteiger partial charge is 0.176 e. The SMILES string of the molecule is Cc1cc(CN)cc(Sc2nc(C)ns2)n1. The maximum atomic E-state index is 5.62. The van der Waals surface area contributed by atoms with Crippen LogP contribution in [-0.2, 0) is 6.54 Å². The molecule has 2 aromatic heterocycles. The summed E-state index contributed by atoms with van der Waals surface area (Å²) in [6.45, 7) is 4.39. The number of rotatable bonds is 3. The number of aromatic nitrogens is 3. The van der Waals surface area contributed by atoms with Gasteiger partial charge in [0.25, 0.3) is 0 Å². The van der Waals surface area contributed by atoms with Crippen molar-refractivity contribution in [1.29, 1.82) is 0 Å². The van der Waals surface area contributed by atoms with Gasteiger partial charge in [-0.05, 0) is 54.8 Å². The van der Waals surface area contributed by atoms with Crippen LogP contribution in [0.4, 0.5) is 0 Å². The van der Waals surface area contributed by atoms with E-state index in [2.05, 4.69) is 14.3 Å². The Morgan fingerprint density at radius 1 is 1.31 bits per heavy atom. The minimum atomic E-state index is 0.534. The molecule has 0 amide bonds. The molecule has 0 radical (unpaired) electrons. The molecular formula is C10H12N4S2. The number of nitrogens with zero attached hydrogens (tertiary/aromatic N) is 3. The minimum absolute atomic E-state index is 0.534. The molecule has 6 heteroatoms. The summed E-state index contributed by atoms with van der Waals surface area (Å²) in [6.07, 6.45) is 0. The second kappa shape index (κ2) is 4.90. The standard InChI is InChI=1S/C10H12N4S2/c1-6-3-8(5-11)4-9(12-6)15-10-13-7(2)14-16-10/h3-4H,5,11H2,1-2H3. The van der Waals surface area contributed by atoms with Crippen LogP contribution in [0.25, 0.3) is 0 Å². The molecule has 0 saturated heterocycles. The molecule has 0 aliphatic carbocycles. The summed E-state index contributed by atoms with van der Waals surface area (Å²) in [5, 5.41) is 0.927. The topological polar surface area (TPSA) is 64.7 Å². The summed E-state index contributed by atoms with van der Waals surface area (Å²) in [4.78, 5) is 8.72. The maximum absolute atomic E-state index is 5.62. The molecule has 0 aliphatic heterocycles. The van der Waals surface area contributed by atoms with Crippen LogP contribution in [-0.4, -0.2) is 14.3 Å². The van der Waals surface area contributed by atoms with Crippen LogP contribution in [0.2, 0.25) is 0 Å². The molecule has 0 saturated carbocycles. The lowest BCUT2D eigenvalue weighted by molar-refractivity contribution is 0.985. The average molecular weight is 252 g/mol. The van der Waals surface area contributed by atoms with Gasteiger partial charge in [-0.15, -0.1) is 0 Å². The number of nitrogens with two attached hydrogens (primary N) is 1. The Morgan fingerprint density at radius 3 is 2.75 bits per heavy atom. The van der Waals surface area contributed by atoms with Crippen LogP contribution in [0.3, 0.4) is 0 Å². The molecular weight excluding hydrogens is 240 g/mol. The van der Waals surface area contributed by atoms with Crippen molar-refractivity contribution >= 4 is 23.3 Å². The fourth-order valence-corrected chi connectivity index (χ4v) is 2.98.